The van der Waals surface area contributed by atoms with Gasteiger partial charge in [-0.05, 0) is 50.1 Å². The zero-order chi connectivity index (χ0) is 15.2. The highest BCUT2D eigenvalue weighted by atomic mass is 32.1. The molecule has 0 radical (unpaired) electrons. The molecule has 1 unspecified atom stereocenters. The van der Waals surface area contributed by atoms with Gasteiger partial charge in [-0.25, -0.2) is 0 Å². The number of ether oxygens (including phenoxy) is 1. The first-order chi connectivity index (χ1) is 10.0. The molecule has 0 spiro atoms. The molecule has 0 aliphatic carbocycles. The first kappa shape index (κ1) is 15.9. The SMILES string of the molecule is Cc1ccc(CC(C)NCc2ccc(OC(F)F)cc2)s1. The van der Waals surface area contributed by atoms with Gasteiger partial charge in [-0.3, -0.25) is 0 Å². The number of nitrogens with one attached hydrogen (secondary N) is 1. The molecule has 0 amide bonds. The van der Waals surface area contributed by atoms with Gasteiger partial charge in [0.1, 0.15) is 5.75 Å². The molecular weight excluding hydrogens is 292 g/mol. The van der Waals surface area contributed by atoms with Crippen molar-refractivity contribution >= 4 is 11.3 Å². The number of aryl methyl sites for hydroxylation is 1. The molecule has 2 aromatic rings. The molecule has 0 aliphatic heterocycles. The number of benzene rings is 1. The van der Waals surface area contributed by atoms with Crippen LogP contribution in [-0.2, 0) is 13.0 Å². The van der Waals surface area contributed by atoms with Crippen LogP contribution in [0.4, 0.5) is 8.78 Å². The maximum Gasteiger partial charge on any atom is 0.387 e. The minimum Gasteiger partial charge on any atom is -0.435 e. The Morgan fingerprint density at radius 3 is 2.43 bits per heavy atom. The maximum atomic E-state index is 12.1. The first-order valence-corrected chi connectivity index (χ1v) is 7.67. The fourth-order valence-electron chi connectivity index (χ4n) is 2.05. The van der Waals surface area contributed by atoms with Crippen LogP contribution >= 0.6 is 11.3 Å². The van der Waals surface area contributed by atoms with Crippen LogP contribution in [0.25, 0.3) is 0 Å². The van der Waals surface area contributed by atoms with E-state index in [1.165, 1.54) is 9.75 Å². The topological polar surface area (TPSA) is 21.3 Å². The van der Waals surface area contributed by atoms with Crippen molar-refractivity contribution in [1.29, 1.82) is 0 Å². The number of hydrogen-bond donors (Lipinski definition) is 1. The third-order valence-electron chi connectivity index (χ3n) is 3.11. The largest absolute Gasteiger partial charge is 0.435 e. The molecule has 5 heteroatoms. The summed E-state index contributed by atoms with van der Waals surface area (Å²) >= 11 is 1.82. The standard InChI is InChI=1S/C16H19F2NOS/c1-11(9-15-8-3-12(2)21-15)19-10-13-4-6-14(7-5-13)20-16(17)18/h3-8,11,16,19H,9-10H2,1-2H3. The van der Waals surface area contributed by atoms with Crippen LogP contribution in [0, 0.1) is 6.92 Å². The van der Waals surface area contributed by atoms with Crippen LogP contribution in [0.2, 0.25) is 0 Å². The molecule has 0 aliphatic rings. The zero-order valence-electron chi connectivity index (χ0n) is 12.1. The third-order valence-corrected chi connectivity index (χ3v) is 4.13. The summed E-state index contributed by atoms with van der Waals surface area (Å²) in [7, 11) is 0. The number of halogens is 2. The minimum atomic E-state index is -2.77. The van der Waals surface area contributed by atoms with E-state index in [9.17, 15) is 8.78 Å². The molecule has 1 heterocycles. The second-order valence-electron chi connectivity index (χ2n) is 5.02. The lowest BCUT2D eigenvalue weighted by atomic mass is 10.1. The Morgan fingerprint density at radius 2 is 1.86 bits per heavy atom. The van der Waals surface area contributed by atoms with Crippen molar-refractivity contribution < 1.29 is 13.5 Å². The Kier molecular flexibility index (Phi) is 5.70. The van der Waals surface area contributed by atoms with Gasteiger partial charge in [-0.15, -0.1) is 11.3 Å². The summed E-state index contributed by atoms with van der Waals surface area (Å²) in [5.41, 5.74) is 1.05. The molecule has 0 saturated carbocycles. The highest BCUT2D eigenvalue weighted by Gasteiger charge is 2.06. The zero-order valence-corrected chi connectivity index (χ0v) is 12.9. The summed E-state index contributed by atoms with van der Waals surface area (Å²) < 4.78 is 28.4. The summed E-state index contributed by atoms with van der Waals surface area (Å²) in [6.45, 7) is 2.18. The van der Waals surface area contributed by atoms with Gasteiger partial charge in [0, 0.05) is 22.3 Å². The van der Waals surface area contributed by atoms with E-state index in [-0.39, 0.29) is 5.75 Å². The van der Waals surface area contributed by atoms with Crippen molar-refractivity contribution in [2.75, 3.05) is 0 Å². The second-order valence-corrected chi connectivity index (χ2v) is 6.39. The van der Waals surface area contributed by atoms with Crippen molar-refractivity contribution in [1.82, 2.24) is 5.32 Å². The van der Waals surface area contributed by atoms with Crippen molar-refractivity contribution in [3.05, 3.63) is 51.7 Å². The average Bonchev–Trinajstić information content (AvgIpc) is 2.83. The molecule has 0 fully saturated rings. The normalized spacial score (nSPS) is 12.6. The summed E-state index contributed by atoms with van der Waals surface area (Å²) in [4.78, 5) is 2.69. The monoisotopic (exact) mass is 311 g/mol. The molecule has 2 rings (SSSR count). The summed E-state index contributed by atoms with van der Waals surface area (Å²) in [5.74, 6) is 0.191. The van der Waals surface area contributed by atoms with Gasteiger partial charge in [0.25, 0.3) is 0 Å². The Bertz CT molecular complexity index is 554. The van der Waals surface area contributed by atoms with Gasteiger partial charge >= 0.3 is 6.61 Å². The number of hydrogen-bond acceptors (Lipinski definition) is 3. The predicted octanol–water partition coefficient (Wildman–Crippen LogP) is 4.38. The van der Waals surface area contributed by atoms with Crippen LogP contribution in [0.3, 0.4) is 0 Å². The molecular formula is C16H19F2NOS. The minimum absolute atomic E-state index is 0.191. The van der Waals surface area contributed by atoms with Gasteiger partial charge in [0.2, 0.25) is 0 Å². The number of alkyl halides is 2. The van der Waals surface area contributed by atoms with E-state index in [1.807, 2.05) is 11.3 Å². The Hall–Kier alpha value is -1.46. The fraction of sp³-hybridized carbons (Fsp3) is 0.375. The lowest BCUT2D eigenvalue weighted by Crippen LogP contribution is -2.27. The maximum absolute atomic E-state index is 12.1. The van der Waals surface area contributed by atoms with Crippen LogP contribution in [0.5, 0.6) is 5.75 Å². The van der Waals surface area contributed by atoms with E-state index in [0.717, 1.165) is 12.0 Å². The number of thiophene rings is 1. The quantitative estimate of drug-likeness (QED) is 0.819. The molecule has 21 heavy (non-hydrogen) atoms. The Morgan fingerprint density at radius 1 is 1.14 bits per heavy atom. The van der Waals surface area contributed by atoms with Crippen LogP contribution in [0.1, 0.15) is 22.2 Å². The van der Waals surface area contributed by atoms with Gasteiger partial charge in [0.15, 0.2) is 0 Å². The Balaban J connectivity index is 1.79. The molecule has 0 saturated heterocycles. The highest BCUT2D eigenvalue weighted by Crippen LogP contribution is 2.17. The van der Waals surface area contributed by atoms with Crippen molar-refractivity contribution in [2.24, 2.45) is 0 Å². The lowest BCUT2D eigenvalue weighted by molar-refractivity contribution is -0.0498. The van der Waals surface area contributed by atoms with E-state index in [0.29, 0.717) is 12.6 Å². The summed E-state index contributed by atoms with van der Waals surface area (Å²) in [6.07, 6.45) is 0.991. The molecule has 1 N–H and O–H groups in total. The summed E-state index contributed by atoms with van der Waals surface area (Å²) in [5, 5.41) is 3.43. The van der Waals surface area contributed by atoms with Crippen LogP contribution in [0.15, 0.2) is 36.4 Å². The first-order valence-electron chi connectivity index (χ1n) is 6.85. The molecule has 2 nitrogen and oxygen atoms in total. The molecule has 1 atom stereocenters. The molecule has 1 aromatic heterocycles. The third kappa shape index (κ3) is 5.44. The van der Waals surface area contributed by atoms with Gasteiger partial charge in [0.05, 0.1) is 0 Å². The smallest absolute Gasteiger partial charge is 0.387 e. The van der Waals surface area contributed by atoms with Crippen LogP contribution < -0.4 is 10.1 Å². The Labute approximate surface area is 127 Å². The van der Waals surface area contributed by atoms with E-state index >= 15 is 0 Å². The fourth-order valence-corrected chi connectivity index (χ4v) is 3.07. The highest BCUT2D eigenvalue weighted by molar-refractivity contribution is 7.11. The van der Waals surface area contributed by atoms with E-state index in [1.54, 1.807) is 24.3 Å². The summed E-state index contributed by atoms with van der Waals surface area (Å²) in [6, 6.07) is 11.4. The van der Waals surface area contributed by atoms with Crippen LogP contribution in [-0.4, -0.2) is 12.7 Å². The van der Waals surface area contributed by atoms with E-state index in [2.05, 4.69) is 36.0 Å². The molecule has 1 aromatic carbocycles. The van der Waals surface area contributed by atoms with Crippen molar-refractivity contribution in [3.63, 3.8) is 0 Å². The lowest BCUT2D eigenvalue weighted by Gasteiger charge is -2.13. The number of rotatable bonds is 7. The van der Waals surface area contributed by atoms with Gasteiger partial charge < -0.3 is 10.1 Å². The van der Waals surface area contributed by atoms with E-state index < -0.39 is 6.61 Å². The van der Waals surface area contributed by atoms with Gasteiger partial charge in [-0.1, -0.05) is 12.1 Å². The molecule has 0 bridgehead atoms. The second kappa shape index (κ2) is 7.52. The van der Waals surface area contributed by atoms with E-state index in [4.69, 9.17) is 0 Å². The molecule has 114 valence electrons. The van der Waals surface area contributed by atoms with Gasteiger partial charge in [-0.2, -0.15) is 8.78 Å². The average molecular weight is 311 g/mol. The van der Waals surface area contributed by atoms with Crippen molar-refractivity contribution in [3.8, 4) is 5.75 Å². The van der Waals surface area contributed by atoms with Crippen molar-refractivity contribution in [2.45, 2.75) is 39.5 Å². The predicted molar refractivity (Wildman–Crippen MR) is 82.1 cm³/mol.